The molecule has 0 aromatic heterocycles. The molecule has 1 rings (SSSR count). The Morgan fingerprint density at radius 1 is 1.11 bits per heavy atom. The van der Waals surface area contributed by atoms with Gasteiger partial charge in [0.15, 0.2) is 0 Å². The van der Waals surface area contributed by atoms with Crippen LogP contribution in [-0.2, 0) is 9.59 Å². The molecule has 156 valence electrons. The molecule has 1 aromatic carbocycles. The number of nitrogens with two attached hydrogens (primary N) is 2. The molecule has 0 radical (unpaired) electrons. The maximum Gasteiger partial charge on any atom is 0.480 e. The summed E-state index contributed by atoms with van der Waals surface area (Å²) in [6, 6.07) is 7.10. The summed E-state index contributed by atoms with van der Waals surface area (Å²) in [6.07, 6.45) is 2.65. The summed E-state index contributed by atoms with van der Waals surface area (Å²) in [5, 5.41) is 24.8. The van der Waals surface area contributed by atoms with E-state index in [0.29, 0.717) is 24.9 Å². The lowest BCUT2D eigenvalue weighted by Crippen LogP contribution is -2.55. The van der Waals surface area contributed by atoms with Crippen LogP contribution in [0, 0.1) is 5.92 Å². The fourth-order valence-electron chi connectivity index (χ4n) is 2.84. The summed E-state index contributed by atoms with van der Waals surface area (Å²) < 4.78 is 0. The molecule has 1 unspecified atom stereocenters. The lowest BCUT2D eigenvalue weighted by atomic mass is 9.75. The third-order valence-electron chi connectivity index (χ3n) is 4.85. The van der Waals surface area contributed by atoms with Crippen LogP contribution in [0.2, 0.25) is 0 Å². The molecular weight excluding hydrogens is 359 g/mol. The lowest BCUT2D eigenvalue weighted by molar-refractivity contribution is -0.131. The van der Waals surface area contributed by atoms with Gasteiger partial charge in [0.05, 0.1) is 12.0 Å². The Labute approximate surface area is 167 Å². The standard InChI is InChI=1S/C19H33BN4O4/c1-3-13(2)16(23-18(25)15(22)11-7-8-12-21)19(26)24-17(20(27)28)14-9-5-4-6-10-14/h4-6,9-10,13,15-17,27-28H,3,7-8,11-12,21-22H2,1-2H3,(H,23,25)(H,24,26)/t13?,15-,16-,17-/m0/s1. The Morgan fingerprint density at radius 2 is 1.75 bits per heavy atom. The number of hydrogen-bond donors (Lipinski definition) is 6. The molecule has 4 atom stereocenters. The molecule has 0 aliphatic rings. The maximum atomic E-state index is 12.8. The van der Waals surface area contributed by atoms with E-state index in [9.17, 15) is 19.6 Å². The van der Waals surface area contributed by atoms with Crippen molar-refractivity contribution in [3.05, 3.63) is 35.9 Å². The summed E-state index contributed by atoms with van der Waals surface area (Å²) in [7, 11) is -1.78. The normalized spacial score (nSPS) is 15.2. The van der Waals surface area contributed by atoms with E-state index in [1.165, 1.54) is 0 Å². The molecule has 28 heavy (non-hydrogen) atoms. The minimum atomic E-state index is -1.78. The molecule has 0 saturated carbocycles. The van der Waals surface area contributed by atoms with Crippen molar-refractivity contribution in [2.24, 2.45) is 17.4 Å². The second kappa shape index (κ2) is 12.5. The van der Waals surface area contributed by atoms with Crippen molar-refractivity contribution >= 4 is 18.9 Å². The van der Waals surface area contributed by atoms with Crippen molar-refractivity contribution in [2.75, 3.05) is 6.54 Å². The summed E-state index contributed by atoms with van der Waals surface area (Å²) in [5.41, 5.74) is 11.9. The first-order valence-electron chi connectivity index (χ1n) is 9.79. The van der Waals surface area contributed by atoms with Crippen LogP contribution >= 0.6 is 0 Å². The third kappa shape index (κ3) is 7.59. The predicted octanol–water partition coefficient (Wildman–Crippen LogP) is -0.157. The van der Waals surface area contributed by atoms with E-state index < -0.39 is 37.0 Å². The number of hydrogen-bond acceptors (Lipinski definition) is 6. The first kappa shape index (κ1) is 24.1. The topological polar surface area (TPSA) is 151 Å². The first-order valence-corrected chi connectivity index (χ1v) is 9.79. The third-order valence-corrected chi connectivity index (χ3v) is 4.85. The summed E-state index contributed by atoms with van der Waals surface area (Å²) in [5.74, 6) is -2.06. The average molecular weight is 392 g/mol. The van der Waals surface area contributed by atoms with Gasteiger partial charge in [-0.2, -0.15) is 0 Å². The van der Waals surface area contributed by atoms with Crippen LogP contribution in [0.25, 0.3) is 0 Å². The van der Waals surface area contributed by atoms with Gasteiger partial charge in [0.1, 0.15) is 6.04 Å². The zero-order valence-corrected chi connectivity index (χ0v) is 16.7. The molecule has 0 aliphatic heterocycles. The fraction of sp³-hybridized carbons (Fsp3) is 0.579. The van der Waals surface area contributed by atoms with E-state index in [4.69, 9.17) is 11.5 Å². The van der Waals surface area contributed by atoms with Gasteiger partial charge in [-0.1, -0.05) is 57.0 Å². The van der Waals surface area contributed by atoms with E-state index in [2.05, 4.69) is 10.6 Å². The molecule has 0 spiro atoms. The van der Waals surface area contributed by atoms with E-state index in [1.54, 1.807) is 30.3 Å². The first-order chi connectivity index (χ1) is 13.3. The molecular formula is C19H33BN4O4. The fourth-order valence-corrected chi connectivity index (χ4v) is 2.84. The van der Waals surface area contributed by atoms with Crippen LogP contribution in [0.3, 0.4) is 0 Å². The average Bonchev–Trinajstić information content (AvgIpc) is 2.69. The van der Waals surface area contributed by atoms with Crippen LogP contribution < -0.4 is 22.1 Å². The van der Waals surface area contributed by atoms with Crippen LogP contribution in [0.5, 0.6) is 0 Å². The Morgan fingerprint density at radius 3 is 2.29 bits per heavy atom. The minimum absolute atomic E-state index is 0.160. The molecule has 2 amide bonds. The van der Waals surface area contributed by atoms with E-state index in [1.807, 2.05) is 13.8 Å². The van der Waals surface area contributed by atoms with Gasteiger partial charge in [0, 0.05) is 0 Å². The van der Waals surface area contributed by atoms with Gasteiger partial charge in [-0.15, -0.1) is 0 Å². The Balaban J connectivity index is 2.85. The molecule has 1 aromatic rings. The van der Waals surface area contributed by atoms with Crippen molar-refractivity contribution in [3.63, 3.8) is 0 Å². The number of carbonyl (C=O) groups excluding carboxylic acids is 2. The molecule has 0 fully saturated rings. The van der Waals surface area contributed by atoms with E-state index in [0.717, 1.165) is 12.8 Å². The highest BCUT2D eigenvalue weighted by Crippen LogP contribution is 2.16. The second-order valence-electron chi connectivity index (χ2n) is 7.07. The Hall–Kier alpha value is -1.94. The number of unbranched alkanes of at least 4 members (excludes halogenated alkanes) is 1. The van der Waals surface area contributed by atoms with Crippen molar-refractivity contribution in [3.8, 4) is 0 Å². The molecule has 0 heterocycles. The zero-order chi connectivity index (χ0) is 21.1. The van der Waals surface area contributed by atoms with Gasteiger partial charge >= 0.3 is 7.12 Å². The highest BCUT2D eigenvalue weighted by atomic mass is 16.4. The maximum absolute atomic E-state index is 12.8. The van der Waals surface area contributed by atoms with Gasteiger partial charge in [-0.25, -0.2) is 0 Å². The molecule has 0 bridgehead atoms. The molecule has 9 heteroatoms. The monoisotopic (exact) mass is 392 g/mol. The van der Waals surface area contributed by atoms with E-state index >= 15 is 0 Å². The molecule has 8 N–H and O–H groups in total. The quantitative estimate of drug-likeness (QED) is 0.215. The molecule has 0 saturated heterocycles. The SMILES string of the molecule is CCC(C)[C@H](NC(=O)[C@@H](N)CCCCN)C(=O)N[C@H](B(O)O)c1ccccc1. The molecule has 8 nitrogen and oxygen atoms in total. The Kier molecular flexibility index (Phi) is 10.8. The van der Waals surface area contributed by atoms with Crippen LogP contribution in [0.4, 0.5) is 0 Å². The van der Waals surface area contributed by atoms with E-state index in [-0.39, 0.29) is 5.92 Å². The number of amides is 2. The number of carbonyl (C=O) groups is 2. The Bertz CT molecular complexity index is 603. The highest BCUT2D eigenvalue weighted by Gasteiger charge is 2.33. The summed E-state index contributed by atoms with van der Waals surface area (Å²) in [6.45, 7) is 4.29. The van der Waals surface area contributed by atoms with Crippen molar-refractivity contribution in [1.29, 1.82) is 0 Å². The van der Waals surface area contributed by atoms with Crippen LogP contribution in [-0.4, -0.2) is 47.6 Å². The largest absolute Gasteiger partial charge is 0.480 e. The smallest absolute Gasteiger partial charge is 0.426 e. The van der Waals surface area contributed by atoms with Crippen molar-refractivity contribution in [2.45, 2.75) is 57.6 Å². The van der Waals surface area contributed by atoms with Crippen molar-refractivity contribution < 1.29 is 19.6 Å². The van der Waals surface area contributed by atoms with Gasteiger partial charge in [-0.3, -0.25) is 9.59 Å². The predicted molar refractivity (Wildman–Crippen MR) is 110 cm³/mol. The number of benzene rings is 1. The number of nitrogens with one attached hydrogen (secondary N) is 2. The summed E-state index contributed by atoms with van der Waals surface area (Å²) >= 11 is 0. The lowest BCUT2D eigenvalue weighted by Gasteiger charge is -2.27. The number of rotatable bonds is 12. The van der Waals surface area contributed by atoms with Crippen molar-refractivity contribution in [1.82, 2.24) is 10.6 Å². The van der Waals surface area contributed by atoms with Gasteiger partial charge in [0.25, 0.3) is 0 Å². The van der Waals surface area contributed by atoms with Gasteiger partial charge < -0.3 is 32.1 Å². The second-order valence-corrected chi connectivity index (χ2v) is 7.07. The van der Waals surface area contributed by atoms with Gasteiger partial charge in [-0.05, 0) is 30.9 Å². The van der Waals surface area contributed by atoms with Crippen LogP contribution in [0.15, 0.2) is 30.3 Å². The molecule has 0 aliphatic carbocycles. The summed E-state index contributed by atoms with van der Waals surface area (Å²) in [4.78, 5) is 25.3. The minimum Gasteiger partial charge on any atom is -0.426 e. The van der Waals surface area contributed by atoms with Gasteiger partial charge in [0.2, 0.25) is 11.8 Å². The van der Waals surface area contributed by atoms with Crippen LogP contribution in [0.1, 0.15) is 51.0 Å². The zero-order valence-electron chi connectivity index (χ0n) is 16.7. The highest BCUT2D eigenvalue weighted by molar-refractivity contribution is 6.43.